The molecule has 160 valence electrons. The number of benzene rings is 1. The van der Waals surface area contributed by atoms with Crippen molar-refractivity contribution in [1.82, 2.24) is 19.5 Å². The molecule has 0 aliphatic carbocycles. The summed E-state index contributed by atoms with van der Waals surface area (Å²) in [5.74, 6) is 0.652. The van der Waals surface area contributed by atoms with E-state index in [0.29, 0.717) is 29.9 Å². The first-order chi connectivity index (χ1) is 15.0. The van der Waals surface area contributed by atoms with Crippen molar-refractivity contribution in [3.63, 3.8) is 0 Å². The summed E-state index contributed by atoms with van der Waals surface area (Å²) < 4.78 is 8.65. The molecular formula is C23H24N4O3S. The molecule has 7 nitrogen and oxygen atoms in total. The van der Waals surface area contributed by atoms with Crippen molar-refractivity contribution < 1.29 is 9.53 Å². The van der Waals surface area contributed by atoms with E-state index in [9.17, 15) is 9.59 Å². The van der Waals surface area contributed by atoms with Crippen LogP contribution in [0.1, 0.15) is 22.6 Å². The molecule has 31 heavy (non-hydrogen) atoms. The van der Waals surface area contributed by atoms with Gasteiger partial charge in [0, 0.05) is 41.2 Å². The maximum atomic E-state index is 13.2. The number of carbonyl (C=O) groups is 1. The van der Waals surface area contributed by atoms with Gasteiger partial charge in [0.15, 0.2) is 0 Å². The summed E-state index contributed by atoms with van der Waals surface area (Å²) in [6.07, 6.45) is 0.607. The van der Waals surface area contributed by atoms with Crippen LogP contribution in [0.3, 0.4) is 0 Å². The highest BCUT2D eigenvalue weighted by atomic mass is 32.1. The largest absolute Gasteiger partial charge is 0.497 e. The normalized spacial score (nSPS) is 11.1. The molecule has 0 bridgehead atoms. The molecule has 0 spiro atoms. The molecule has 4 aromatic rings. The lowest BCUT2D eigenvalue weighted by molar-refractivity contribution is -0.121. The summed E-state index contributed by atoms with van der Waals surface area (Å²) >= 11 is 1.60. The van der Waals surface area contributed by atoms with E-state index in [1.54, 1.807) is 18.4 Å². The van der Waals surface area contributed by atoms with Gasteiger partial charge in [-0.05, 0) is 36.9 Å². The topological polar surface area (TPSA) is 77.6 Å². The molecule has 1 aromatic carbocycles. The van der Waals surface area contributed by atoms with Gasteiger partial charge in [-0.3, -0.25) is 9.59 Å². The summed E-state index contributed by atoms with van der Waals surface area (Å²) in [6.45, 7) is 2.41. The fourth-order valence-electron chi connectivity index (χ4n) is 3.55. The van der Waals surface area contributed by atoms with Gasteiger partial charge in [-0.2, -0.15) is 9.61 Å². The van der Waals surface area contributed by atoms with E-state index >= 15 is 0 Å². The summed E-state index contributed by atoms with van der Waals surface area (Å²) in [7, 11) is 3.52. The molecule has 0 fully saturated rings. The van der Waals surface area contributed by atoms with Crippen molar-refractivity contribution in [3.8, 4) is 17.0 Å². The Kier molecular flexibility index (Phi) is 5.90. The minimum atomic E-state index is -0.189. The van der Waals surface area contributed by atoms with Gasteiger partial charge in [-0.1, -0.05) is 18.2 Å². The lowest BCUT2D eigenvalue weighted by Crippen LogP contribution is -2.27. The first-order valence-electron chi connectivity index (χ1n) is 9.99. The molecule has 4 rings (SSSR count). The third-order valence-electron chi connectivity index (χ3n) is 5.43. The molecular weight excluding hydrogens is 412 g/mol. The number of nitrogens with zero attached hydrogens (tertiary/aromatic N) is 3. The van der Waals surface area contributed by atoms with Gasteiger partial charge in [0.25, 0.3) is 5.56 Å². The Morgan fingerprint density at radius 1 is 1.23 bits per heavy atom. The van der Waals surface area contributed by atoms with Crippen LogP contribution in [-0.2, 0) is 24.8 Å². The molecule has 0 radical (unpaired) electrons. The second-order valence-electron chi connectivity index (χ2n) is 7.32. The summed E-state index contributed by atoms with van der Waals surface area (Å²) in [4.78, 5) is 26.5. The van der Waals surface area contributed by atoms with Crippen LogP contribution in [0, 0.1) is 6.92 Å². The molecule has 1 amide bonds. The number of hydrogen-bond donors (Lipinski definition) is 1. The zero-order valence-electron chi connectivity index (χ0n) is 17.7. The average Bonchev–Trinajstić information content (AvgIpc) is 3.46. The van der Waals surface area contributed by atoms with Crippen molar-refractivity contribution in [3.05, 3.63) is 74.3 Å². The average molecular weight is 437 g/mol. The Balaban J connectivity index is 1.59. The van der Waals surface area contributed by atoms with Gasteiger partial charge in [0.05, 0.1) is 19.3 Å². The van der Waals surface area contributed by atoms with E-state index in [-0.39, 0.29) is 17.9 Å². The minimum Gasteiger partial charge on any atom is -0.497 e. The Morgan fingerprint density at radius 3 is 2.81 bits per heavy atom. The number of aromatic nitrogens is 3. The van der Waals surface area contributed by atoms with E-state index < -0.39 is 0 Å². The lowest BCUT2D eigenvalue weighted by Gasteiger charge is -2.12. The second-order valence-corrected chi connectivity index (χ2v) is 8.35. The van der Waals surface area contributed by atoms with Crippen LogP contribution in [0.2, 0.25) is 0 Å². The van der Waals surface area contributed by atoms with Gasteiger partial charge in [0.2, 0.25) is 5.91 Å². The van der Waals surface area contributed by atoms with E-state index in [2.05, 4.69) is 10.4 Å². The standard InChI is InChI=1S/C23H24N4O3S/c1-15-19(9-10-21(28)24-14-18-8-5-11-31-18)23(29)27-22(26(15)2)13-20(25-27)16-6-4-7-17(12-16)30-3/h4-8,11-13H,9-10,14H2,1-3H3,(H,24,28). The predicted molar refractivity (Wildman–Crippen MR) is 122 cm³/mol. The molecule has 0 aliphatic heterocycles. The highest BCUT2D eigenvalue weighted by Crippen LogP contribution is 2.24. The first kappa shape index (κ1) is 20.9. The van der Waals surface area contributed by atoms with Gasteiger partial charge < -0.3 is 14.6 Å². The smallest absolute Gasteiger partial charge is 0.277 e. The van der Waals surface area contributed by atoms with Crippen LogP contribution in [0.25, 0.3) is 16.9 Å². The van der Waals surface area contributed by atoms with E-state index in [1.807, 2.05) is 66.4 Å². The molecule has 0 atom stereocenters. The minimum absolute atomic E-state index is 0.0764. The van der Waals surface area contributed by atoms with Crippen molar-refractivity contribution >= 4 is 22.9 Å². The van der Waals surface area contributed by atoms with Crippen LogP contribution >= 0.6 is 11.3 Å². The van der Waals surface area contributed by atoms with Crippen LogP contribution < -0.4 is 15.6 Å². The number of nitrogens with one attached hydrogen (secondary N) is 1. The number of rotatable bonds is 7. The number of carbonyl (C=O) groups excluding carboxylic acids is 1. The molecule has 3 heterocycles. The molecule has 3 aromatic heterocycles. The Labute approximate surface area is 183 Å². The van der Waals surface area contributed by atoms with Crippen molar-refractivity contribution in [2.24, 2.45) is 7.05 Å². The van der Waals surface area contributed by atoms with Crippen LogP contribution in [0.4, 0.5) is 0 Å². The number of methoxy groups -OCH3 is 1. The monoisotopic (exact) mass is 436 g/mol. The van der Waals surface area contributed by atoms with E-state index in [1.165, 1.54) is 4.52 Å². The lowest BCUT2D eigenvalue weighted by atomic mass is 10.1. The zero-order chi connectivity index (χ0) is 22.0. The Bertz CT molecular complexity index is 1290. The number of hydrogen-bond acceptors (Lipinski definition) is 5. The quantitative estimate of drug-likeness (QED) is 0.482. The number of aryl methyl sites for hydroxylation is 1. The van der Waals surface area contributed by atoms with Crippen LogP contribution in [-0.4, -0.2) is 27.2 Å². The van der Waals surface area contributed by atoms with Crippen LogP contribution in [0.5, 0.6) is 5.75 Å². The summed E-state index contributed by atoms with van der Waals surface area (Å²) in [6, 6.07) is 13.4. The number of ether oxygens (including phenoxy) is 1. The van der Waals surface area contributed by atoms with Gasteiger partial charge in [-0.25, -0.2) is 0 Å². The molecule has 8 heteroatoms. The molecule has 1 N–H and O–H groups in total. The highest BCUT2D eigenvalue weighted by molar-refractivity contribution is 7.09. The van der Waals surface area contributed by atoms with Gasteiger partial charge in [-0.15, -0.1) is 11.3 Å². The predicted octanol–water partition coefficient (Wildman–Crippen LogP) is 3.33. The third kappa shape index (κ3) is 4.25. The number of amides is 1. The van der Waals surface area contributed by atoms with Crippen LogP contribution in [0.15, 0.2) is 52.6 Å². The Morgan fingerprint density at radius 2 is 2.06 bits per heavy atom. The molecule has 0 saturated carbocycles. The second kappa shape index (κ2) is 8.77. The van der Waals surface area contributed by atoms with Crippen molar-refractivity contribution in [1.29, 1.82) is 0 Å². The molecule has 0 unspecified atom stereocenters. The third-order valence-corrected chi connectivity index (χ3v) is 6.31. The SMILES string of the molecule is COc1cccc(-c2cc3n(C)c(C)c(CCC(=O)NCc4cccs4)c(=O)n3n2)c1. The molecule has 0 saturated heterocycles. The zero-order valence-corrected chi connectivity index (χ0v) is 18.5. The highest BCUT2D eigenvalue weighted by Gasteiger charge is 2.17. The number of fused-ring (bicyclic) bond motifs is 1. The maximum absolute atomic E-state index is 13.2. The molecule has 0 aliphatic rings. The van der Waals surface area contributed by atoms with Gasteiger partial charge in [0.1, 0.15) is 11.4 Å². The first-order valence-corrected chi connectivity index (χ1v) is 10.9. The van der Waals surface area contributed by atoms with Crippen molar-refractivity contribution in [2.45, 2.75) is 26.3 Å². The maximum Gasteiger partial charge on any atom is 0.277 e. The van der Waals surface area contributed by atoms with Gasteiger partial charge >= 0.3 is 0 Å². The Hall–Kier alpha value is -3.39. The fourth-order valence-corrected chi connectivity index (χ4v) is 4.20. The fraction of sp³-hybridized carbons (Fsp3) is 0.261. The summed E-state index contributed by atoms with van der Waals surface area (Å²) in [5.41, 5.74) is 3.51. The van der Waals surface area contributed by atoms with E-state index in [4.69, 9.17) is 4.74 Å². The van der Waals surface area contributed by atoms with E-state index in [0.717, 1.165) is 21.9 Å². The number of thiophene rings is 1. The summed E-state index contributed by atoms with van der Waals surface area (Å²) in [5, 5.41) is 9.44. The van der Waals surface area contributed by atoms with Crippen molar-refractivity contribution in [2.75, 3.05) is 7.11 Å².